The average molecular weight is 443 g/mol. The number of rotatable bonds is 15. The van der Waals surface area contributed by atoms with Crippen LogP contribution in [0.5, 0.6) is 17.2 Å². The zero-order valence-corrected chi connectivity index (χ0v) is 17.4. The molecule has 1 rings (SSSR count). The number of aliphatic carboxylic acids is 1. The van der Waals surface area contributed by atoms with Crippen LogP contribution in [0.4, 0.5) is 0 Å². The lowest BCUT2D eigenvalue weighted by atomic mass is 10.1. The molecule has 1 N–H and O–H groups in total. The predicted molar refractivity (Wildman–Crippen MR) is 101 cm³/mol. The van der Waals surface area contributed by atoms with Crippen molar-refractivity contribution in [1.29, 1.82) is 0 Å². The van der Waals surface area contributed by atoms with Crippen molar-refractivity contribution in [2.45, 2.75) is 5.38 Å². The number of alkyl halides is 1. The number of ether oxygens (including phenoxy) is 7. The molecule has 0 bridgehead atoms. The van der Waals surface area contributed by atoms with E-state index in [1.165, 1.54) is 13.2 Å². The molecule has 0 aromatic heterocycles. The molecular weight excluding hydrogens is 419 g/mol. The van der Waals surface area contributed by atoms with Gasteiger partial charge in [0.25, 0.3) is 0 Å². The number of hydrogen-bond acceptors (Lipinski definition) is 8. The Morgan fingerprint density at radius 2 is 1.57 bits per heavy atom. The first-order chi connectivity index (χ1) is 13.5. The van der Waals surface area contributed by atoms with Gasteiger partial charge in [-0.1, -0.05) is 11.6 Å². The van der Waals surface area contributed by atoms with Crippen LogP contribution < -0.4 is 14.2 Å². The number of carbonyl (C=O) groups is 1. The lowest BCUT2D eigenvalue weighted by Crippen LogP contribution is -2.13. The summed E-state index contributed by atoms with van der Waals surface area (Å²) in [5.74, 6) is -0.952. The van der Waals surface area contributed by atoms with Gasteiger partial charge in [0.15, 0.2) is 30.5 Å². The standard InChI is InChI=1S/C17H24Cl2O9/c1-22-4-6-25-9-27-12-8-11(14(19)17(20)21)13(18)16(24-3)15(12)28-10-26-7-5-23-2/h8,14H,4-7,9-10H2,1-3H3,(H,20,21). The third-order valence-electron chi connectivity index (χ3n) is 3.31. The number of halogens is 2. The summed E-state index contributed by atoms with van der Waals surface area (Å²) in [6.07, 6.45) is 0. The Hall–Kier alpha value is -1.49. The maximum Gasteiger partial charge on any atom is 0.326 e. The van der Waals surface area contributed by atoms with Crippen molar-refractivity contribution >= 4 is 29.2 Å². The highest BCUT2D eigenvalue weighted by Crippen LogP contribution is 2.47. The Labute approximate surface area is 173 Å². The van der Waals surface area contributed by atoms with Gasteiger partial charge in [-0.15, -0.1) is 11.6 Å². The lowest BCUT2D eigenvalue weighted by Gasteiger charge is -2.20. The number of carboxylic acid groups (broad SMARTS) is 1. The number of benzene rings is 1. The molecule has 28 heavy (non-hydrogen) atoms. The van der Waals surface area contributed by atoms with Crippen LogP contribution in [0.25, 0.3) is 0 Å². The second kappa shape index (κ2) is 13.6. The van der Waals surface area contributed by atoms with E-state index in [1.807, 2.05) is 0 Å². The zero-order chi connectivity index (χ0) is 20.9. The van der Waals surface area contributed by atoms with Gasteiger partial charge in [0, 0.05) is 19.8 Å². The normalized spacial score (nSPS) is 11.9. The van der Waals surface area contributed by atoms with E-state index in [1.54, 1.807) is 14.2 Å². The van der Waals surface area contributed by atoms with Gasteiger partial charge >= 0.3 is 5.97 Å². The molecule has 9 nitrogen and oxygen atoms in total. The lowest BCUT2D eigenvalue weighted by molar-refractivity contribution is -0.136. The molecule has 160 valence electrons. The number of methoxy groups -OCH3 is 3. The maximum atomic E-state index is 11.3. The Morgan fingerprint density at radius 3 is 2.07 bits per heavy atom. The summed E-state index contributed by atoms with van der Waals surface area (Å²) in [4.78, 5) is 11.3. The van der Waals surface area contributed by atoms with E-state index in [0.717, 1.165) is 0 Å². The van der Waals surface area contributed by atoms with E-state index in [0.29, 0.717) is 26.4 Å². The molecule has 0 aliphatic carbocycles. The molecule has 0 fully saturated rings. The van der Waals surface area contributed by atoms with E-state index in [4.69, 9.17) is 56.4 Å². The minimum Gasteiger partial charge on any atom is -0.491 e. The van der Waals surface area contributed by atoms with Crippen LogP contribution in [0.3, 0.4) is 0 Å². The molecule has 0 saturated carbocycles. The fraction of sp³-hybridized carbons (Fsp3) is 0.588. The Bertz CT molecular complexity index is 613. The second-order valence-electron chi connectivity index (χ2n) is 5.17. The van der Waals surface area contributed by atoms with Gasteiger partial charge in [0.1, 0.15) is 0 Å². The summed E-state index contributed by atoms with van der Waals surface area (Å²) < 4.78 is 36.7. The molecular formula is C17H24Cl2O9. The van der Waals surface area contributed by atoms with E-state index < -0.39 is 11.3 Å². The van der Waals surface area contributed by atoms with Crippen molar-refractivity contribution in [1.82, 2.24) is 0 Å². The van der Waals surface area contributed by atoms with Crippen LogP contribution in [-0.4, -0.2) is 72.4 Å². The van der Waals surface area contributed by atoms with Crippen molar-refractivity contribution in [2.75, 3.05) is 61.3 Å². The summed E-state index contributed by atoms with van der Waals surface area (Å²) in [5.41, 5.74) is 0.0900. The molecule has 0 amide bonds. The Balaban J connectivity index is 3.08. The molecule has 1 aromatic rings. The van der Waals surface area contributed by atoms with Gasteiger partial charge in [-0.05, 0) is 6.07 Å². The van der Waals surface area contributed by atoms with Gasteiger partial charge in [-0.25, -0.2) is 0 Å². The van der Waals surface area contributed by atoms with Crippen LogP contribution in [0, 0.1) is 0 Å². The minimum absolute atomic E-state index is 0.00978. The smallest absolute Gasteiger partial charge is 0.326 e. The predicted octanol–water partition coefficient (Wildman–Crippen LogP) is 2.71. The van der Waals surface area contributed by atoms with Crippen LogP contribution >= 0.6 is 23.2 Å². The first-order valence-electron chi connectivity index (χ1n) is 8.14. The van der Waals surface area contributed by atoms with E-state index in [9.17, 15) is 9.90 Å². The molecule has 0 aliphatic heterocycles. The van der Waals surface area contributed by atoms with Gasteiger partial charge in [-0.2, -0.15) is 0 Å². The molecule has 11 heteroatoms. The largest absolute Gasteiger partial charge is 0.491 e. The van der Waals surface area contributed by atoms with Crippen molar-refractivity contribution in [3.8, 4) is 17.2 Å². The minimum atomic E-state index is -1.41. The highest BCUT2D eigenvalue weighted by Gasteiger charge is 2.27. The summed E-state index contributed by atoms with van der Waals surface area (Å²) in [5, 5.41) is 7.79. The number of carboxylic acids is 1. The van der Waals surface area contributed by atoms with Crippen LogP contribution in [0.2, 0.25) is 5.02 Å². The second-order valence-corrected chi connectivity index (χ2v) is 5.98. The summed E-state index contributed by atoms with van der Waals surface area (Å²) in [6, 6.07) is 1.36. The van der Waals surface area contributed by atoms with Crippen LogP contribution in [0.15, 0.2) is 6.07 Å². The third-order valence-corrected chi connectivity index (χ3v) is 4.12. The summed E-state index contributed by atoms with van der Waals surface area (Å²) in [6.45, 7) is 1.11. The van der Waals surface area contributed by atoms with Crippen molar-refractivity contribution in [2.24, 2.45) is 0 Å². The van der Waals surface area contributed by atoms with E-state index in [2.05, 4.69) is 0 Å². The zero-order valence-electron chi connectivity index (χ0n) is 15.9. The molecule has 0 saturated heterocycles. The Kier molecular flexibility index (Phi) is 12.0. The molecule has 1 atom stereocenters. The van der Waals surface area contributed by atoms with Gasteiger partial charge in [0.2, 0.25) is 5.75 Å². The first kappa shape index (κ1) is 24.5. The van der Waals surface area contributed by atoms with Crippen molar-refractivity contribution in [3.05, 3.63) is 16.7 Å². The van der Waals surface area contributed by atoms with Gasteiger partial charge in [0.05, 0.1) is 38.6 Å². The quantitative estimate of drug-likeness (QED) is 0.249. The average Bonchev–Trinajstić information content (AvgIpc) is 2.68. The molecule has 1 aromatic carbocycles. The van der Waals surface area contributed by atoms with Gasteiger partial charge in [-0.3, -0.25) is 4.79 Å². The van der Waals surface area contributed by atoms with Crippen LogP contribution in [-0.2, 0) is 23.7 Å². The van der Waals surface area contributed by atoms with Gasteiger partial charge < -0.3 is 38.3 Å². The SMILES string of the molecule is COCCOCOc1cc(C(Cl)C(=O)O)c(Cl)c(OC)c1OCOCCOC. The van der Waals surface area contributed by atoms with E-state index in [-0.39, 0.29) is 41.4 Å². The topological polar surface area (TPSA) is 102 Å². The fourth-order valence-electron chi connectivity index (χ4n) is 1.96. The summed E-state index contributed by atoms with van der Waals surface area (Å²) in [7, 11) is 4.45. The maximum absolute atomic E-state index is 11.3. The fourth-order valence-corrected chi connectivity index (χ4v) is 2.52. The molecule has 0 aliphatic rings. The summed E-state index contributed by atoms with van der Waals surface area (Å²) >= 11 is 12.2. The highest BCUT2D eigenvalue weighted by molar-refractivity contribution is 6.36. The molecule has 0 spiro atoms. The van der Waals surface area contributed by atoms with Crippen LogP contribution in [0.1, 0.15) is 10.9 Å². The third kappa shape index (κ3) is 7.50. The Morgan fingerprint density at radius 1 is 1.00 bits per heavy atom. The molecule has 0 heterocycles. The van der Waals surface area contributed by atoms with E-state index >= 15 is 0 Å². The number of hydrogen-bond donors (Lipinski definition) is 1. The molecule has 1 unspecified atom stereocenters. The monoisotopic (exact) mass is 442 g/mol. The molecule has 0 radical (unpaired) electrons. The highest BCUT2D eigenvalue weighted by atomic mass is 35.5. The van der Waals surface area contributed by atoms with Crippen molar-refractivity contribution < 1.29 is 43.1 Å². The first-order valence-corrected chi connectivity index (χ1v) is 8.95. The van der Waals surface area contributed by atoms with Crippen molar-refractivity contribution in [3.63, 3.8) is 0 Å².